The van der Waals surface area contributed by atoms with Crippen LogP contribution in [-0.4, -0.2) is 36.0 Å². The Bertz CT molecular complexity index is 640. The smallest absolute Gasteiger partial charge is 0.229 e. The maximum Gasteiger partial charge on any atom is 0.229 e. The Balaban J connectivity index is 1.30. The first-order valence-corrected chi connectivity index (χ1v) is 8.73. The van der Waals surface area contributed by atoms with E-state index in [4.69, 9.17) is 14.0 Å². The number of aromatic nitrogens is 2. The highest BCUT2D eigenvalue weighted by molar-refractivity contribution is 5.34. The van der Waals surface area contributed by atoms with Crippen molar-refractivity contribution in [3.8, 4) is 5.75 Å². The largest absolute Gasteiger partial charge is 0.492 e. The second-order valence-electron chi connectivity index (χ2n) is 6.47. The molecule has 0 saturated carbocycles. The van der Waals surface area contributed by atoms with Gasteiger partial charge in [-0.15, -0.1) is 0 Å². The normalized spacial score (nSPS) is 21.8. The lowest BCUT2D eigenvalue weighted by Gasteiger charge is -2.18. The third kappa shape index (κ3) is 3.60. The van der Waals surface area contributed by atoms with Gasteiger partial charge in [0.05, 0.1) is 6.54 Å². The van der Waals surface area contributed by atoms with Crippen molar-refractivity contribution >= 4 is 0 Å². The third-order valence-electron chi connectivity index (χ3n) is 4.78. The summed E-state index contributed by atoms with van der Waals surface area (Å²) >= 11 is 0. The lowest BCUT2D eigenvalue weighted by atomic mass is 10.0. The van der Waals surface area contributed by atoms with Crippen LogP contribution < -0.4 is 10.1 Å². The second-order valence-corrected chi connectivity index (χ2v) is 6.47. The first-order chi connectivity index (χ1) is 11.9. The molecule has 6 heteroatoms. The van der Waals surface area contributed by atoms with E-state index in [1.165, 1.54) is 5.56 Å². The maximum atomic E-state index is 5.91. The Morgan fingerprint density at radius 1 is 1.12 bits per heavy atom. The molecular weight excluding hydrogens is 306 g/mol. The van der Waals surface area contributed by atoms with E-state index >= 15 is 0 Å². The summed E-state index contributed by atoms with van der Waals surface area (Å²) < 4.78 is 16.7. The van der Waals surface area contributed by atoms with Gasteiger partial charge in [0.25, 0.3) is 0 Å². The predicted octanol–water partition coefficient (Wildman–Crippen LogP) is 2.45. The molecule has 2 aliphatic heterocycles. The Morgan fingerprint density at radius 2 is 2.00 bits per heavy atom. The van der Waals surface area contributed by atoms with Gasteiger partial charge in [-0.25, -0.2) is 0 Å². The molecule has 1 aromatic heterocycles. The number of hydrogen-bond donors (Lipinski definition) is 1. The van der Waals surface area contributed by atoms with Gasteiger partial charge >= 0.3 is 0 Å². The van der Waals surface area contributed by atoms with Crippen LogP contribution in [0, 0.1) is 0 Å². The minimum absolute atomic E-state index is 0.294. The van der Waals surface area contributed by atoms with Crippen LogP contribution in [0.15, 0.2) is 28.8 Å². The summed E-state index contributed by atoms with van der Waals surface area (Å²) in [7, 11) is 0. The lowest BCUT2D eigenvalue weighted by Crippen LogP contribution is -2.34. The van der Waals surface area contributed by atoms with E-state index in [0.29, 0.717) is 25.1 Å². The van der Waals surface area contributed by atoms with E-state index in [2.05, 4.69) is 27.6 Å². The van der Waals surface area contributed by atoms with Gasteiger partial charge < -0.3 is 19.3 Å². The van der Waals surface area contributed by atoms with Gasteiger partial charge in [0.1, 0.15) is 12.4 Å². The number of aryl methyl sites for hydroxylation is 1. The molecular formula is C18H23N3O3. The van der Waals surface area contributed by atoms with Crippen LogP contribution in [0.3, 0.4) is 0 Å². The van der Waals surface area contributed by atoms with Crippen LogP contribution in [0.25, 0.3) is 0 Å². The monoisotopic (exact) mass is 329 g/mol. The average molecular weight is 329 g/mol. The fraction of sp³-hybridized carbons (Fsp3) is 0.556. The summed E-state index contributed by atoms with van der Waals surface area (Å²) in [6.07, 6.45) is 3.99. The molecule has 3 heterocycles. The van der Waals surface area contributed by atoms with Crippen molar-refractivity contribution < 1.29 is 14.0 Å². The van der Waals surface area contributed by atoms with Crippen LogP contribution in [0.1, 0.15) is 42.5 Å². The minimum Gasteiger partial charge on any atom is -0.492 e. The second kappa shape index (κ2) is 7.32. The lowest BCUT2D eigenvalue weighted by molar-refractivity contribution is 0.0778. The maximum absolute atomic E-state index is 5.91. The van der Waals surface area contributed by atoms with Crippen LogP contribution in [0.4, 0.5) is 0 Å². The molecule has 1 fully saturated rings. The van der Waals surface area contributed by atoms with E-state index in [0.717, 1.165) is 56.4 Å². The van der Waals surface area contributed by atoms with Crippen LogP contribution in [-0.2, 0) is 17.7 Å². The number of para-hydroxylation sites is 1. The molecule has 1 N–H and O–H groups in total. The molecule has 1 atom stereocenters. The van der Waals surface area contributed by atoms with Gasteiger partial charge in [0.2, 0.25) is 5.89 Å². The number of hydrogen-bond acceptors (Lipinski definition) is 6. The first-order valence-electron chi connectivity index (χ1n) is 8.73. The van der Waals surface area contributed by atoms with Crippen LogP contribution >= 0.6 is 0 Å². The summed E-state index contributed by atoms with van der Waals surface area (Å²) in [5, 5.41) is 7.60. The number of fused-ring (bicyclic) bond motifs is 1. The summed E-state index contributed by atoms with van der Waals surface area (Å²) in [6, 6.07) is 8.55. The topological polar surface area (TPSA) is 69.4 Å². The van der Waals surface area contributed by atoms with Crippen LogP contribution in [0.5, 0.6) is 5.75 Å². The van der Waals surface area contributed by atoms with Crippen molar-refractivity contribution in [2.45, 2.75) is 44.2 Å². The minimum atomic E-state index is 0.294. The van der Waals surface area contributed by atoms with Crippen molar-refractivity contribution in [3.63, 3.8) is 0 Å². The highest BCUT2D eigenvalue weighted by Crippen LogP contribution is 2.25. The Kier molecular flexibility index (Phi) is 4.76. The third-order valence-corrected chi connectivity index (χ3v) is 4.78. The van der Waals surface area contributed by atoms with Gasteiger partial charge in [-0.2, -0.15) is 4.98 Å². The van der Waals surface area contributed by atoms with E-state index < -0.39 is 0 Å². The number of ether oxygens (including phenoxy) is 2. The molecule has 0 spiro atoms. The number of rotatable bonds is 4. The summed E-state index contributed by atoms with van der Waals surface area (Å²) in [5.74, 6) is 2.82. The predicted molar refractivity (Wildman–Crippen MR) is 88.0 cm³/mol. The summed E-state index contributed by atoms with van der Waals surface area (Å²) in [5.41, 5.74) is 1.28. The number of nitrogens with one attached hydrogen (secondary N) is 1. The number of benzene rings is 1. The zero-order valence-corrected chi connectivity index (χ0v) is 13.7. The van der Waals surface area contributed by atoms with Crippen molar-refractivity contribution in [2.75, 3.05) is 19.8 Å². The Hall–Kier alpha value is -1.92. The molecule has 2 aromatic rings. The molecule has 0 amide bonds. The van der Waals surface area contributed by atoms with Gasteiger partial charge in [0, 0.05) is 25.2 Å². The van der Waals surface area contributed by atoms with Crippen molar-refractivity contribution in [1.82, 2.24) is 15.5 Å². The average Bonchev–Trinajstić information content (AvgIpc) is 3.02. The van der Waals surface area contributed by atoms with E-state index in [1.54, 1.807) is 0 Å². The molecule has 4 rings (SSSR count). The molecule has 1 unspecified atom stereocenters. The highest BCUT2D eigenvalue weighted by Gasteiger charge is 2.22. The fourth-order valence-corrected chi connectivity index (χ4v) is 3.30. The van der Waals surface area contributed by atoms with Crippen molar-refractivity contribution in [1.29, 1.82) is 0 Å². The van der Waals surface area contributed by atoms with Crippen molar-refractivity contribution in [3.05, 3.63) is 41.5 Å². The van der Waals surface area contributed by atoms with E-state index in [-0.39, 0.29) is 0 Å². The summed E-state index contributed by atoms with van der Waals surface area (Å²) in [4.78, 5) is 4.54. The molecule has 2 aliphatic rings. The Morgan fingerprint density at radius 3 is 2.92 bits per heavy atom. The molecule has 0 aliphatic carbocycles. The van der Waals surface area contributed by atoms with Crippen LogP contribution in [0.2, 0.25) is 0 Å². The van der Waals surface area contributed by atoms with Crippen molar-refractivity contribution in [2.24, 2.45) is 0 Å². The molecule has 1 saturated heterocycles. The molecule has 0 bridgehead atoms. The van der Waals surface area contributed by atoms with Gasteiger partial charge in [-0.1, -0.05) is 23.4 Å². The Labute approximate surface area is 141 Å². The standard InChI is InChI=1S/C18H23N3O3/c1-2-4-16-13(3-1)5-6-15(12-23-16)19-11-17-20-18(24-21-17)14-7-9-22-10-8-14/h1-4,14-15,19H,5-12H2. The molecule has 0 radical (unpaired) electrons. The van der Waals surface area contributed by atoms with E-state index in [1.807, 2.05) is 12.1 Å². The van der Waals surface area contributed by atoms with Gasteiger partial charge in [-0.3, -0.25) is 0 Å². The number of nitrogens with zero attached hydrogens (tertiary/aromatic N) is 2. The first kappa shape index (κ1) is 15.6. The van der Waals surface area contributed by atoms with Gasteiger partial charge in [-0.05, 0) is 37.3 Å². The molecule has 6 nitrogen and oxygen atoms in total. The van der Waals surface area contributed by atoms with E-state index in [9.17, 15) is 0 Å². The zero-order valence-electron chi connectivity index (χ0n) is 13.7. The zero-order chi connectivity index (χ0) is 16.2. The summed E-state index contributed by atoms with van der Waals surface area (Å²) in [6.45, 7) is 2.83. The van der Waals surface area contributed by atoms with Gasteiger partial charge in [0.15, 0.2) is 5.82 Å². The fourth-order valence-electron chi connectivity index (χ4n) is 3.30. The quantitative estimate of drug-likeness (QED) is 0.929. The highest BCUT2D eigenvalue weighted by atomic mass is 16.5. The molecule has 1 aromatic carbocycles. The SMILES string of the molecule is c1ccc2c(c1)CCC(NCc1noc(C3CCOCC3)n1)CO2. The molecule has 24 heavy (non-hydrogen) atoms. The molecule has 128 valence electrons.